The summed E-state index contributed by atoms with van der Waals surface area (Å²) >= 11 is 0. The van der Waals surface area contributed by atoms with Crippen molar-refractivity contribution >= 4 is 20.7 Å². The van der Waals surface area contributed by atoms with Crippen molar-refractivity contribution in [3.63, 3.8) is 0 Å². The van der Waals surface area contributed by atoms with E-state index in [4.69, 9.17) is 5.26 Å². The van der Waals surface area contributed by atoms with E-state index < -0.39 is 44.0 Å². The van der Waals surface area contributed by atoms with E-state index in [1.54, 1.807) is 0 Å². The molecule has 0 aliphatic heterocycles. The number of hydrogen-bond acceptors (Lipinski definition) is 5. The first-order chi connectivity index (χ1) is 14.0. The molecule has 1 aromatic heterocycles. The zero-order chi connectivity index (χ0) is 22.2. The largest absolute Gasteiger partial charge is 0.381 e. The Hall–Kier alpha value is -3.53. The lowest BCUT2D eigenvalue weighted by Crippen LogP contribution is -2.09. The van der Waals surface area contributed by atoms with E-state index in [1.807, 2.05) is 6.07 Å². The number of benzene rings is 2. The van der Waals surface area contributed by atoms with Crippen molar-refractivity contribution in [1.29, 1.82) is 5.26 Å². The summed E-state index contributed by atoms with van der Waals surface area (Å²) in [4.78, 5) is 15.1. The van der Waals surface area contributed by atoms with Gasteiger partial charge in [-0.25, -0.2) is 17.2 Å². The first-order valence-corrected chi connectivity index (χ1v) is 10.4. The minimum absolute atomic E-state index is 0.0216. The van der Waals surface area contributed by atoms with Gasteiger partial charge in [-0.3, -0.25) is 4.79 Å². The summed E-state index contributed by atoms with van der Waals surface area (Å²) < 4.78 is 53.4. The lowest BCUT2D eigenvalue weighted by atomic mass is 10.0. The number of aliphatic hydroxyl groups excluding tert-OH is 1. The average molecular weight is 428 g/mol. The van der Waals surface area contributed by atoms with Gasteiger partial charge in [0.2, 0.25) is 0 Å². The van der Waals surface area contributed by atoms with Gasteiger partial charge in [0.15, 0.2) is 21.1 Å². The van der Waals surface area contributed by atoms with Gasteiger partial charge < -0.3 is 10.1 Å². The lowest BCUT2D eigenvalue weighted by molar-refractivity contribution is 0.253. The molecule has 2 aromatic carbocycles. The number of pyridine rings is 1. The molecule has 6 nitrogen and oxygen atoms in total. The van der Waals surface area contributed by atoms with Gasteiger partial charge in [0.05, 0.1) is 38.7 Å². The first-order valence-electron chi connectivity index (χ1n) is 8.52. The second-order valence-corrected chi connectivity index (χ2v) is 8.54. The molecule has 1 heterocycles. The van der Waals surface area contributed by atoms with Crippen molar-refractivity contribution in [3.05, 3.63) is 63.3 Å². The van der Waals surface area contributed by atoms with Crippen molar-refractivity contribution in [2.75, 3.05) is 6.26 Å². The average Bonchev–Trinajstić information content (AvgIpc) is 2.65. The van der Waals surface area contributed by atoms with E-state index in [1.165, 1.54) is 25.1 Å². The Morgan fingerprint density at radius 2 is 1.90 bits per heavy atom. The molecule has 0 aliphatic rings. The zero-order valence-electron chi connectivity index (χ0n) is 15.7. The molecule has 0 unspecified atom stereocenters. The van der Waals surface area contributed by atoms with Crippen LogP contribution in [0.1, 0.15) is 18.1 Å². The van der Waals surface area contributed by atoms with Crippen molar-refractivity contribution in [2.45, 2.75) is 17.9 Å². The topological polar surface area (TPSA) is 111 Å². The number of aliphatic hydroxyl groups is 1. The molecule has 0 fully saturated rings. The van der Waals surface area contributed by atoms with Crippen LogP contribution in [-0.2, 0) is 9.84 Å². The third-order valence-electron chi connectivity index (χ3n) is 4.21. The van der Waals surface area contributed by atoms with E-state index >= 15 is 0 Å². The maximum Gasteiger partial charge on any atom is 0.193 e. The summed E-state index contributed by atoms with van der Waals surface area (Å²) in [6, 6.07) is 7.51. The van der Waals surface area contributed by atoms with Crippen LogP contribution in [0.4, 0.5) is 8.78 Å². The van der Waals surface area contributed by atoms with Crippen LogP contribution < -0.4 is 5.43 Å². The van der Waals surface area contributed by atoms with Gasteiger partial charge in [0, 0.05) is 17.9 Å². The third kappa shape index (κ3) is 3.94. The van der Waals surface area contributed by atoms with E-state index in [2.05, 4.69) is 16.8 Å². The maximum atomic E-state index is 14.8. The first kappa shape index (κ1) is 21.2. The number of aromatic nitrogens is 1. The molecule has 30 heavy (non-hydrogen) atoms. The Labute approximate surface area is 170 Å². The Bertz CT molecular complexity index is 1460. The van der Waals surface area contributed by atoms with Crippen LogP contribution in [0.3, 0.4) is 0 Å². The van der Waals surface area contributed by atoms with Gasteiger partial charge in [-0.2, -0.15) is 5.26 Å². The highest BCUT2D eigenvalue weighted by Crippen LogP contribution is 2.29. The molecule has 0 bridgehead atoms. The SMILES string of the molecule is C[C@H](O)C#Cc1c(F)cc2[nH]c(-c3cc(C#N)ccc3S(C)(=O)=O)cc(=O)c2c1F. The second kappa shape index (κ2) is 7.71. The van der Waals surface area contributed by atoms with Crippen LogP contribution in [-0.4, -0.2) is 30.9 Å². The number of hydrogen-bond donors (Lipinski definition) is 2. The van der Waals surface area contributed by atoms with Gasteiger partial charge in [-0.15, -0.1) is 0 Å². The standard InChI is InChI=1S/C21H14F2N2O4S/c1-11(26)3-5-13-15(22)8-17-20(21(13)23)18(27)9-16(25-17)14-7-12(10-24)4-6-19(14)30(2,28)29/h4,6-9,11,26H,1-2H3,(H,25,27)/t11-/m0/s1. The van der Waals surface area contributed by atoms with E-state index in [9.17, 15) is 27.1 Å². The van der Waals surface area contributed by atoms with Crippen molar-refractivity contribution < 1.29 is 22.3 Å². The molecule has 9 heteroatoms. The summed E-state index contributed by atoms with van der Waals surface area (Å²) in [6.07, 6.45) is -0.161. The molecule has 1 atom stereocenters. The molecule has 0 radical (unpaired) electrons. The number of halogens is 2. The predicted octanol–water partition coefficient (Wildman–Crippen LogP) is 2.48. The highest BCUT2D eigenvalue weighted by Gasteiger charge is 2.20. The fraction of sp³-hybridized carbons (Fsp3) is 0.143. The molecule has 3 aromatic rings. The van der Waals surface area contributed by atoms with Crippen molar-refractivity contribution in [1.82, 2.24) is 4.98 Å². The smallest absolute Gasteiger partial charge is 0.193 e. The van der Waals surface area contributed by atoms with Crippen LogP contribution in [0, 0.1) is 34.8 Å². The molecule has 152 valence electrons. The van der Waals surface area contributed by atoms with Crippen molar-refractivity contribution in [2.24, 2.45) is 0 Å². The van der Waals surface area contributed by atoms with Crippen LogP contribution in [0.15, 0.2) is 40.0 Å². The fourth-order valence-electron chi connectivity index (χ4n) is 2.91. The summed E-state index contributed by atoms with van der Waals surface area (Å²) in [5, 5.41) is 17.9. The van der Waals surface area contributed by atoms with Crippen molar-refractivity contribution in [3.8, 4) is 29.2 Å². The number of rotatable bonds is 2. The Kier molecular flexibility index (Phi) is 5.45. The van der Waals surface area contributed by atoms with Gasteiger partial charge >= 0.3 is 0 Å². The number of sulfone groups is 1. The van der Waals surface area contributed by atoms with Crippen LogP contribution >= 0.6 is 0 Å². The minimum Gasteiger partial charge on any atom is -0.381 e. The quantitative estimate of drug-likeness (QED) is 0.610. The molecule has 2 N–H and O–H groups in total. The van der Waals surface area contributed by atoms with E-state index in [0.717, 1.165) is 18.4 Å². The summed E-state index contributed by atoms with van der Waals surface area (Å²) in [5.41, 5.74) is -1.57. The number of nitrogens with zero attached hydrogens (tertiary/aromatic N) is 1. The number of aromatic amines is 1. The maximum absolute atomic E-state index is 14.8. The van der Waals surface area contributed by atoms with Crippen LogP contribution in [0.25, 0.3) is 22.2 Å². The Morgan fingerprint density at radius 3 is 2.50 bits per heavy atom. The van der Waals surface area contributed by atoms with Gasteiger partial charge in [0.25, 0.3) is 0 Å². The highest BCUT2D eigenvalue weighted by molar-refractivity contribution is 7.90. The highest BCUT2D eigenvalue weighted by atomic mass is 32.2. The molecule has 0 aliphatic carbocycles. The van der Waals surface area contributed by atoms with Gasteiger partial charge in [-0.05, 0) is 31.2 Å². The molecular weight excluding hydrogens is 414 g/mol. The Balaban J connectivity index is 2.36. The van der Waals surface area contributed by atoms with Gasteiger partial charge in [0.1, 0.15) is 11.9 Å². The normalized spacial score (nSPS) is 12.1. The molecule has 0 amide bonds. The number of fused-ring (bicyclic) bond motifs is 1. The predicted molar refractivity (Wildman–Crippen MR) is 106 cm³/mol. The second-order valence-electron chi connectivity index (χ2n) is 6.56. The minimum atomic E-state index is -3.73. The van der Waals surface area contributed by atoms with Crippen LogP contribution in [0.2, 0.25) is 0 Å². The van der Waals surface area contributed by atoms with E-state index in [0.29, 0.717) is 0 Å². The number of nitriles is 1. The third-order valence-corrected chi connectivity index (χ3v) is 5.37. The molecule has 0 spiro atoms. The monoisotopic (exact) mass is 428 g/mol. The Morgan fingerprint density at radius 1 is 1.20 bits per heavy atom. The van der Waals surface area contributed by atoms with Gasteiger partial charge in [-0.1, -0.05) is 11.8 Å². The summed E-state index contributed by atoms with van der Waals surface area (Å²) in [7, 11) is -3.73. The molecule has 0 saturated heterocycles. The molecule has 0 saturated carbocycles. The zero-order valence-corrected chi connectivity index (χ0v) is 16.6. The summed E-state index contributed by atoms with van der Waals surface area (Å²) in [5.74, 6) is 2.14. The fourth-order valence-corrected chi connectivity index (χ4v) is 3.80. The summed E-state index contributed by atoms with van der Waals surface area (Å²) in [6.45, 7) is 1.32. The number of nitrogens with one attached hydrogen (secondary N) is 1. The van der Waals surface area contributed by atoms with Crippen LogP contribution in [0.5, 0.6) is 0 Å². The molecular formula is C21H14F2N2O4S. The lowest BCUT2D eigenvalue weighted by Gasteiger charge is -2.11. The molecule has 3 rings (SSSR count). The van der Waals surface area contributed by atoms with E-state index in [-0.39, 0.29) is 27.2 Å². The number of H-pyrrole nitrogens is 1.